The van der Waals surface area contributed by atoms with Crippen LogP contribution in [-0.2, 0) is 4.74 Å². The van der Waals surface area contributed by atoms with Crippen molar-refractivity contribution in [3.05, 3.63) is 35.9 Å². The van der Waals surface area contributed by atoms with E-state index >= 15 is 0 Å². The lowest BCUT2D eigenvalue weighted by Crippen LogP contribution is -2.14. The number of halogens is 1. The number of carbonyl (C=O) groups excluding carboxylic acids is 1. The molecule has 0 N–H and O–H groups in total. The predicted octanol–water partition coefficient (Wildman–Crippen LogP) is 2.00. The van der Waals surface area contributed by atoms with Crippen LogP contribution in [-0.4, -0.2) is 24.6 Å². The highest BCUT2D eigenvalue weighted by Gasteiger charge is 2.33. The van der Waals surface area contributed by atoms with Crippen LogP contribution < -0.4 is 0 Å². The summed E-state index contributed by atoms with van der Waals surface area (Å²) in [5.74, 6) is 1.06. The Morgan fingerprint density at radius 2 is 2.15 bits per heavy atom. The molecular formula is C10H10ClO2+. The van der Waals surface area contributed by atoms with E-state index in [1.807, 2.05) is 30.3 Å². The zero-order chi connectivity index (χ0) is 9.10. The lowest BCUT2D eigenvalue weighted by atomic mass is 10.2. The topological polar surface area (TPSA) is 20.5 Å². The molecule has 0 fully saturated rings. The Labute approximate surface area is 81.8 Å². The van der Waals surface area contributed by atoms with Gasteiger partial charge in [0.25, 0.3) is 6.10 Å². The molecule has 0 aromatic heterocycles. The van der Waals surface area contributed by atoms with Crippen LogP contribution >= 0.6 is 11.6 Å². The van der Waals surface area contributed by atoms with E-state index in [0.717, 1.165) is 5.56 Å². The molecule has 1 aliphatic rings. The van der Waals surface area contributed by atoms with Crippen LogP contribution in [0.4, 0.5) is 0 Å². The summed E-state index contributed by atoms with van der Waals surface area (Å²) in [6.45, 7) is 0.549. The molecule has 1 atom stereocenters. The van der Waals surface area contributed by atoms with Crippen molar-refractivity contribution < 1.29 is 9.16 Å². The number of cyclic esters (lactones) is 1. The molecule has 2 rings (SSSR count). The van der Waals surface area contributed by atoms with Crippen molar-refractivity contribution >= 4 is 17.6 Å². The average Bonchev–Trinajstić information content (AvgIpc) is 2.67. The van der Waals surface area contributed by atoms with Crippen LogP contribution in [0.3, 0.4) is 0 Å². The van der Waals surface area contributed by atoms with E-state index in [1.165, 1.54) is 0 Å². The molecule has 0 saturated heterocycles. The highest BCUT2D eigenvalue weighted by Crippen LogP contribution is 2.11. The molecule has 0 bridgehead atoms. The fraction of sp³-hybridized carbons (Fsp3) is 0.300. The summed E-state index contributed by atoms with van der Waals surface area (Å²) in [6.07, 6.45) is -0.00290. The smallest absolute Gasteiger partial charge is 0.311 e. The second-order valence-electron chi connectivity index (χ2n) is 2.86. The summed E-state index contributed by atoms with van der Waals surface area (Å²) in [5.41, 5.74) is 0.968. The second kappa shape index (κ2) is 3.79. The Morgan fingerprint density at radius 3 is 2.77 bits per heavy atom. The molecule has 2 nitrogen and oxygen atoms in total. The molecule has 0 saturated carbocycles. The number of hydrogen-bond acceptors (Lipinski definition) is 1. The van der Waals surface area contributed by atoms with E-state index < -0.39 is 0 Å². The van der Waals surface area contributed by atoms with E-state index in [-0.39, 0.29) is 6.10 Å². The maximum absolute atomic E-state index is 5.64. The summed E-state index contributed by atoms with van der Waals surface area (Å²) in [5, 5.41) is 0. The van der Waals surface area contributed by atoms with Crippen molar-refractivity contribution in [3.63, 3.8) is 0 Å². The first-order chi connectivity index (χ1) is 6.40. The van der Waals surface area contributed by atoms with Crippen LogP contribution in [0, 0.1) is 0 Å². The highest BCUT2D eigenvalue weighted by molar-refractivity contribution is 6.18. The number of benzene rings is 1. The van der Waals surface area contributed by atoms with Gasteiger partial charge in [0, 0.05) is 0 Å². The Kier molecular flexibility index (Phi) is 2.50. The average molecular weight is 198 g/mol. The quantitative estimate of drug-likeness (QED) is 0.404. The Morgan fingerprint density at radius 1 is 1.38 bits per heavy atom. The molecule has 3 heteroatoms. The molecule has 0 amide bonds. The number of ether oxygens (including phenoxy) is 1. The third-order valence-corrected chi connectivity index (χ3v) is 2.20. The summed E-state index contributed by atoms with van der Waals surface area (Å²) in [6, 6.07) is 9.75. The zero-order valence-electron chi connectivity index (χ0n) is 7.07. The van der Waals surface area contributed by atoms with Crippen LogP contribution in [0.2, 0.25) is 0 Å². The number of rotatable bonds is 2. The van der Waals surface area contributed by atoms with Gasteiger partial charge in [-0.05, 0) is 12.1 Å². The first-order valence-corrected chi connectivity index (χ1v) is 4.71. The van der Waals surface area contributed by atoms with E-state index in [4.69, 9.17) is 20.8 Å². The summed E-state index contributed by atoms with van der Waals surface area (Å²) >= 11 is 5.64. The number of esters is 1. The van der Waals surface area contributed by atoms with Crippen LogP contribution in [0.1, 0.15) is 9.99 Å². The molecule has 1 aliphatic heterocycles. The van der Waals surface area contributed by atoms with Crippen LogP contribution in [0.25, 0.3) is 0 Å². The highest BCUT2D eigenvalue weighted by atomic mass is 35.5. The minimum Gasteiger partial charge on any atom is -0.311 e. The minimum absolute atomic E-state index is 0.00290. The van der Waals surface area contributed by atoms with Gasteiger partial charge in [-0.2, -0.15) is 0 Å². The SMILES string of the molecule is ClCC1C[O+]=C(c2ccccc2)O1. The van der Waals surface area contributed by atoms with Crippen molar-refractivity contribution in [2.75, 3.05) is 12.5 Å². The van der Waals surface area contributed by atoms with E-state index in [2.05, 4.69) is 0 Å². The van der Waals surface area contributed by atoms with Crippen molar-refractivity contribution in [1.29, 1.82) is 0 Å². The van der Waals surface area contributed by atoms with E-state index in [1.54, 1.807) is 0 Å². The van der Waals surface area contributed by atoms with E-state index in [0.29, 0.717) is 18.5 Å². The Balaban J connectivity index is 2.12. The summed E-state index contributed by atoms with van der Waals surface area (Å²) in [4.78, 5) is 0. The van der Waals surface area contributed by atoms with Crippen molar-refractivity contribution in [1.82, 2.24) is 0 Å². The van der Waals surface area contributed by atoms with Gasteiger partial charge < -0.3 is 9.16 Å². The largest absolute Gasteiger partial charge is 0.520 e. The molecule has 0 spiro atoms. The molecular weight excluding hydrogens is 188 g/mol. The maximum Gasteiger partial charge on any atom is 0.520 e. The lowest BCUT2D eigenvalue weighted by Gasteiger charge is -1.93. The predicted molar refractivity (Wildman–Crippen MR) is 51.2 cm³/mol. The monoisotopic (exact) mass is 197 g/mol. The van der Waals surface area contributed by atoms with Gasteiger partial charge in [0.15, 0.2) is 0 Å². The van der Waals surface area contributed by atoms with Crippen molar-refractivity contribution in [2.45, 2.75) is 6.10 Å². The molecule has 1 aromatic rings. The third kappa shape index (κ3) is 1.83. The molecule has 68 valence electrons. The molecule has 1 unspecified atom stereocenters. The molecule has 1 heterocycles. The van der Waals surface area contributed by atoms with Gasteiger partial charge >= 0.3 is 5.97 Å². The first-order valence-electron chi connectivity index (χ1n) is 4.18. The van der Waals surface area contributed by atoms with Gasteiger partial charge in [-0.15, -0.1) is 11.6 Å². The van der Waals surface area contributed by atoms with Gasteiger partial charge in [0.1, 0.15) is 5.56 Å². The van der Waals surface area contributed by atoms with Crippen LogP contribution in [0.5, 0.6) is 0 Å². The number of alkyl halides is 1. The van der Waals surface area contributed by atoms with Crippen LogP contribution in [0.15, 0.2) is 30.3 Å². The van der Waals surface area contributed by atoms with E-state index in [9.17, 15) is 0 Å². The fourth-order valence-corrected chi connectivity index (χ4v) is 1.34. The minimum atomic E-state index is -0.00290. The van der Waals surface area contributed by atoms with Gasteiger partial charge in [0.05, 0.1) is 5.88 Å². The first kappa shape index (κ1) is 8.57. The Bertz CT molecular complexity index is 308. The Hall–Kier alpha value is -1.02. The van der Waals surface area contributed by atoms with Crippen molar-refractivity contribution in [3.8, 4) is 0 Å². The molecule has 13 heavy (non-hydrogen) atoms. The van der Waals surface area contributed by atoms with Gasteiger partial charge in [-0.1, -0.05) is 18.2 Å². The number of hydrogen-bond donors (Lipinski definition) is 0. The zero-order valence-corrected chi connectivity index (χ0v) is 7.83. The normalized spacial score (nSPS) is 21.0. The standard InChI is InChI=1S/C10H10ClO2/c11-6-9-7-12-10(13-9)8-4-2-1-3-5-8/h1-5,9H,6-7H2/q+1. The third-order valence-electron chi connectivity index (χ3n) is 1.86. The fourth-order valence-electron chi connectivity index (χ4n) is 1.19. The molecule has 0 radical (unpaired) electrons. The summed E-state index contributed by atoms with van der Waals surface area (Å²) < 4.78 is 10.8. The van der Waals surface area contributed by atoms with Crippen molar-refractivity contribution in [2.24, 2.45) is 0 Å². The van der Waals surface area contributed by atoms with Gasteiger partial charge in [0.2, 0.25) is 6.61 Å². The second-order valence-corrected chi connectivity index (χ2v) is 3.17. The molecule has 1 aromatic carbocycles. The summed E-state index contributed by atoms with van der Waals surface area (Å²) in [7, 11) is 0. The maximum atomic E-state index is 5.64. The molecule has 0 aliphatic carbocycles. The van der Waals surface area contributed by atoms with Gasteiger partial charge in [-0.25, -0.2) is 0 Å². The van der Waals surface area contributed by atoms with Gasteiger partial charge in [-0.3, -0.25) is 0 Å². The lowest BCUT2D eigenvalue weighted by molar-refractivity contribution is -0.259.